The van der Waals surface area contributed by atoms with E-state index in [9.17, 15) is 0 Å². The molecule has 3 heterocycles. The van der Waals surface area contributed by atoms with Crippen molar-refractivity contribution in [2.75, 3.05) is 11.9 Å². The first-order valence-corrected chi connectivity index (χ1v) is 6.84. The highest BCUT2D eigenvalue weighted by Crippen LogP contribution is 2.32. The maximum atomic E-state index is 5.43. The summed E-state index contributed by atoms with van der Waals surface area (Å²) < 4.78 is 7.50. The number of nitrogens with zero attached hydrogens (tertiary/aromatic N) is 2. The first-order valence-electron chi connectivity index (χ1n) is 6.84. The van der Waals surface area contributed by atoms with Crippen LogP contribution < -0.4 is 5.32 Å². The Bertz CT molecular complexity index is 701. The molecule has 0 saturated heterocycles. The van der Waals surface area contributed by atoms with E-state index in [2.05, 4.69) is 34.3 Å². The molecule has 4 nitrogen and oxygen atoms in total. The molecule has 0 radical (unpaired) electrons. The van der Waals surface area contributed by atoms with Crippen LogP contribution in [0, 0.1) is 0 Å². The van der Waals surface area contributed by atoms with Crippen LogP contribution in [0.25, 0.3) is 11.5 Å². The van der Waals surface area contributed by atoms with Crippen LogP contribution in [0.3, 0.4) is 0 Å². The third kappa shape index (κ3) is 1.81. The van der Waals surface area contributed by atoms with E-state index in [4.69, 9.17) is 9.52 Å². The topological polar surface area (TPSA) is 43.0 Å². The summed E-state index contributed by atoms with van der Waals surface area (Å²) in [4.78, 5) is 0. The second kappa shape index (κ2) is 4.56. The lowest BCUT2D eigenvalue weighted by Crippen LogP contribution is -2.24. The van der Waals surface area contributed by atoms with Gasteiger partial charge in [0.2, 0.25) is 0 Å². The van der Waals surface area contributed by atoms with E-state index in [0.29, 0.717) is 0 Å². The molecule has 0 amide bonds. The maximum Gasteiger partial charge on any atom is 0.154 e. The molecule has 1 aliphatic heterocycles. The Morgan fingerprint density at radius 3 is 2.85 bits per heavy atom. The molecule has 0 fully saturated rings. The maximum absolute atomic E-state index is 5.43. The zero-order chi connectivity index (χ0) is 13.4. The van der Waals surface area contributed by atoms with E-state index in [1.54, 1.807) is 6.26 Å². The summed E-state index contributed by atoms with van der Waals surface area (Å²) in [6.45, 7) is 0.961. The monoisotopic (exact) mass is 265 g/mol. The fraction of sp³-hybridized carbons (Fsp3) is 0.188. The van der Waals surface area contributed by atoms with Crippen LogP contribution in [-0.4, -0.2) is 16.3 Å². The van der Waals surface area contributed by atoms with Crippen LogP contribution in [0.15, 0.2) is 59.2 Å². The molecule has 20 heavy (non-hydrogen) atoms. The van der Waals surface area contributed by atoms with Gasteiger partial charge in [-0.1, -0.05) is 30.3 Å². The molecular formula is C16H15N3O. The van der Waals surface area contributed by atoms with Gasteiger partial charge in [-0.15, -0.1) is 0 Å². The SMILES string of the molecule is c1ccc(C2CCNc3cc(-c4ccco4)nn32)cc1. The number of hydrogen-bond donors (Lipinski definition) is 1. The van der Waals surface area contributed by atoms with Crippen molar-refractivity contribution < 1.29 is 4.42 Å². The second-order valence-corrected chi connectivity index (χ2v) is 4.98. The lowest BCUT2D eigenvalue weighted by Gasteiger charge is -2.25. The van der Waals surface area contributed by atoms with Crippen LogP contribution in [-0.2, 0) is 0 Å². The minimum absolute atomic E-state index is 0.288. The Kier molecular flexibility index (Phi) is 2.59. The molecule has 0 aliphatic carbocycles. The Balaban J connectivity index is 1.78. The predicted molar refractivity (Wildman–Crippen MR) is 77.6 cm³/mol. The van der Waals surface area contributed by atoms with Crippen LogP contribution >= 0.6 is 0 Å². The van der Waals surface area contributed by atoms with E-state index < -0.39 is 0 Å². The molecule has 1 aromatic carbocycles. The van der Waals surface area contributed by atoms with Crippen LogP contribution in [0.5, 0.6) is 0 Å². The molecule has 0 bridgehead atoms. The van der Waals surface area contributed by atoms with E-state index in [1.807, 2.05) is 24.3 Å². The molecule has 2 aromatic heterocycles. The third-order valence-corrected chi connectivity index (χ3v) is 3.71. The summed E-state index contributed by atoms with van der Waals surface area (Å²) in [5.41, 5.74) is 2.17. The number of benzene rings is 1. The van der Waals surface area contributed by atoms with E-state index in [0.717, 1.165) is 30.2 Å². The summed E-state index contributed by atoms with van der Waals surface area (Å²) in [7, 11) is 0. The largest absolute Gasteiger partial charge is 0.463 e. The smallest absolute Gasteiger partial charge is 0.154 e. The van der Waals surface area contributed by atoms with Gasteiger partial charge >= 0.3 is 0 Å². The van der Waals surface area contributed by atoms with Crippen LogP contribution in [0.1, 0.15) is 18.0 Å². The molecule has 3 aromatic rings. The Morgan fingerprint density at radius 1 is 1.15 bits per heavy atom. The van der Waals surface area contributed by atoms with E-state index >= 15 is 0 Å². The number of rotatable bonds is 2. The molecule has 100 valence electrons. The van der Waals surface area contributed by atoms with Crippen LogP contribution in [0.2, 0.25) is 0 Å². The molecule has 1 unspecified atom stereocenters. The molecule has 1 N–H and O–H groups in total. The summed E-state index contributed by atoms with van der Waals surface area (Å²) >= 11 is 0. The minimum Gasteiger partial charge on any atom is -0.463 e. The van der Waals surface area contributed by atoms with Gasteiger partial charge in [-0.3, -0.25) is 0 Å². The molecule has 1 aliphatic rings. The number of hydrogen-bond acceptors (Lipinski definition) is 3. The van der Waals surface area contributed by atoms with Crippen molar-refractivity contribution in [3.8, 4) is 11.5 Å². The van der Waals surface area contributed by atoms with Crippen molar-refractivity contribution in [2.24, 2.45) is 0 Å². The summed E-state index contributed by atoms with van der Waals surface area (Å²) in [6, 6.07) is 16.7. The van der Waals surface area contributed by atoms with Gasteiger partial charge in [-0.2, -0.15) is 5.10 Å². The Morgan fingerprint density at radius 2 is 2.05 bits per heavy atom. The lowest BCUT2D eigenvalue weighted by molar-refractivity contribution is 0.481. The van der Waals surface area contributed by atoms with E-state index in [1.165, 1.54) is 5.56 Å². The number of furan rings is 1. The number of fused-ring (bicyclic) bond motifs is 1. The van der Waals surface area contributed by atoms with Gasteiger partial charge in [0.15, 0.2) is 5.76 Å². The fourth-order valence-corrected chi connectivity index (χ4v) is 2.75. The summed E-state index contributed by atoms with van der Waals surface area (Å²) in [5, 5.41) is 8.11. The lowest BCUT2D eigenvalue weighted by atomic mass is 10.0. The van der Waals surface area contributed by atoms with Gasteiger partial charge in [0, 0.05) is 12.6 Å². The van der Waals surface area contributed by atoms with Gasteiger partial charge in [0.05, 0.1) is 12.3 Å². The van der Waals surface area contributed by atoms with Crippen molar-refractivity contribution in [2.45, 2.75) is 12.5 Å². The number of anilines is 1. The average molecular weight is 265 g/mol. The Hall–Kier alpha value is -2.49. The first kappa shape index (κ1) is 11.3. The molecule has 0 spiro atoms. The van der Waals surface area contributed by atoms with Gasteiger partial charge in [-0.25, -0.2) is 4.68 Å². The van der Waals surface area contributed by atoms with Gasteiger partial charge in [0.25, 0.3) is 0 Å². The third-order valence-electron chi connectivity index (χ3n) is 3.71. The number of aromatic nitrogens is 2. The highest BCUT2D eigenvalue weighted by atomic mass is 16.3. The quantitative estimate of drug-likeness (QED) is 0.770. The molecular weight excluding hydrogens is 250 g/mol. The minimum atomic E-state index is 0.288. The summed E-state index contributed by atoms with van der Waals surface area (Å²) in [6.07, 6.45) is 2.71. The molecule has 4 heteroatoms. The van der Waals surface area contributed by atoms with Crippen LogP contribution in [0.4, 0.5) is 5.82 Å². The zero-order valence-electron chi connectivity index (χ0n) is 11.0. The predicted octanol–water partition coefficient (Wildman–Crippen LogP) is 3.55. The van der Waals surface area contributed by atoms with Crippen molar-refractivity contribution in [3.63, 3.8) is 0 Å². The standard InChI is InChI=1S/C16H15N3O/c1-2-5-12(6-3-1)14-8-9-17-16-11-13(18-19(14)16)15-7-4-10-20-15/h1-7,10-11,14,17H,8-9H2. The van der Waals surface area contributed by atoms with Gasteiger partial charge < -0.3 is 9.73 Å². The molecule has 1 atom stereocenters. The molecule has 0 saturated carbocycles. The average Bonchev–Trinajstić information content (AvgIpc) is 3.16. The van der Waals surface area contributed by atoms with Crippen molar-refractivity contribution in [1.82, 2.24) is 9.78 Å². The normalized spacial score (nSPS) is 17.5. The summed E-state index contributed by atoms with van der Waals surface area (Å²) in [5.74, 6) is 1.86. The fourth-order valence-electron chi connectivity index (χ4n) is 2.75. The first-order chi connectivity index (χ1) is 9.92. The van der Waals surface area contributed by atoms with Crippen molar-refractivity contribution in [3.05, 3.63) is 60.4 Å². The van der Waals surface area contributed by atoms with Crippen molar-refractivity contribution in [1.29, 1.82) is 0 Å². The second-order valence-electron chi connectivity index (χ2n) is 4.98. The highest BCUT2D eigenvalue weighted by Gasteiger charge is 2.23. The highest BCUT2D eigenvalue weighted by molar-refractivity contribution is 5.58. The molecule has 4 rings (SSSR count). The number of nitrogens with one attached hydrogen (secondary N) is 1. The zero-order valence-corrected chi connectivity index (χ0v) is 11.0. The Labute approximate surface area is 117 Å². The van der Waals surface area contributed by atoms with Crippen molar-refractivity contribution >= 4 is 5.82 Å². The van der Waals surface area contributed by atoms with E-state index in [-0.39, 0.29) is 6.04 Å². The van der Waals surface area contributed by atoms with Gasteiger partial charge in [-0.05, 0) is 24.1 Å². The van der Waals surface area contributed by atoms with Gasteiger partial charge in [0.1, 0.15) is 11.5 Å².